The number of carbonyl (C=O) groups excluding carboxylic acids is 1. The first-order valence-electron chi connectivity index (χ1n) is 10.6. The van der Waals surface area contributed by atoms with E-state index in [0.29, 0.717) is 18.0 Å². The highest BCUT2D eigenvalue weighted by molar-refractivity contribution is 7.92. The molecule has 1 N–H and O–H groups in total. The number of anilines is 1. The molecule has 1 atom stereocenters. The summed E-state index contributed by atoms with van der Waals surface area (Å²) in [6.07, 6.45) is 0. The Hall–Kier alpha value is -3.52. The lowest BCUT2D eigenvalue weighted by molar-refractivity contribution is -0.120. The first-order valence-corrected chi connectivity index (χ1v) is 12.0. The van der Waals surface area contributed by atoms with Gasteiger partial charge in [0, 0.05) is 6.07 Å². The molecule has 3 aromatic rings. The van der Waals surface area contributed by atoms with E-state index in [2.05, 4.69) is 5.32 Å². The molecular weight excluding hydrogens is 440 g/mol. The molecule has 0 saturated heterocycles. The highest BCUT2D eigenvalue weighted by Crippen LogP contribution is 2.27. The molecule has 7 nitrogen and oxygen atoms in total. The van der Waals surface area contributed by atoms with Crippen LogP contribution in [-0.4, -0.2) is 34.6 Å². The fourth-order valence-electron chi connectivity index (χ4n) is 3.32. The van der Waals surface area contributed by atoms with Crippen molar-refractivity contribution in [1.29, 1.82) is 0 Å². The van der Waals surface area contributed by atoms with Gasteiger partial charge in [-0.25, -0.2) is 8.42 Å². The summed E-state index contributed by atoms with van der Waals surface area (Å²) in [7, 11) is -2.49. The summed E-state index contributed by atoms with van der Waals surface area (Å²) in [5.74, 6) is 0.806. The zero-order chi connectivity index (χ0) is 23.8. The van der Waals surface area contributed by atoms with Crippen LogP contribution in [0.4, 0.5) is 5.69 Å². The average Bonchev–Trinajstić information content (AvgIpc) is 2.83. The van der Waals surface area contributed by atoms with Crippen molar-refractivity contribution < 1.29 is 22.7 Å². The minimum Gasteiger partial charge on any atom is -0.497 e. The molecule has 0 aromatic heterocycles. The van der Waals surface area contributed by atoms with Crippen LogP contribution in [-0.2, 0) is 14.8 Å². The van der Waals surface area contributed by atoms with Gasteiger partial charge in [-0.05, 0) is 55.8 Å². The molecular formula is C25H28N2O5S. The number of ether oxygens (including phenoxy) is 2. The minimum atomic E-state index is -3.99. The van der Waals surface area contributed by atoms with Crippen LogP contribution < -0.4 is 19.1 Å². The van der Waals surface area contributed by atoms with Crippen molar-refractivity contribution in [3.05, 3.63) is 84.4 Å². The van der Waals surface area contributed by atoms with Crippen LogP contribution in [0.2, 0.25) is 0 Å². The molecule has 1 amide bonds. The summed E-state index contributed by atoms with van der Waals surface area (Å²) in [4.78, 5) is 13.0. The molecule has 0 fully saturated rings. The molecule has 0 saturated carbocycles. The lowest BCUT2D eigenvalue weighted by Gasteiger charge is -2.25. The van der Waals surface area contributed by atoms with E-state index in [0.717, 1.165) is 15.6 Å². The summed E-state index contributed by atoms with van der Waals surface area (Å²) in [5.41, 5.74) is 1.22. The third kappa shape index (κ3) is 6.04. The maximum absolute atomic E-state index is 13.4. The fraction of sp³-hybridized carbons (Fsp3) is 0.240. The monoisotopic (exact) mass is 468 g/mol. The van der Waals surface area contributed by atoms with Crippen LogP contribution in [0.3, 0.4) is 0 Å². The first-order chi connectivity index (χ1) is 15.8. The van der Waals surface area contributed by atoms with Crippen LogP contribution in [0.15, 0.2) is 83.8 Å². The summed E-state index contributed by atoms with van der Waals surface area (Å²) in [6.45, 7) is 3.94. The Balaban J connectivity index is 1.84. The molecule has 3 rings (SSSR count). The highest BCUT2D eigenvalue weighted by atomic mass is 32.2. The summed E-state index contributed by atoms with van der Waals surface area (Å²) in [6, 6.07) is 21.7. The second-order valence-corrected chi connectivity index (χ2v) is 9.18. The number of nitrogens with one attached hydrogen (secondary N) is 1. The van der Waals surface area contributed by atoms with Crippen LogP contribution in [0.1, 0.15) is 25.5 Å². The number of hydrogen-bond acceptors (Lipinski definition) is 5. The molecule has 8 heteroatoms. The third-order valence-corrected chi connectivity index (χ3v) is 6.82. The molecule has 0 radical (unpaired) electrons. The molecule has 33 heavy (non-hydrogen) atoms. The van der Waals surface area contributed by atoms with E-state index in [9.17, 15) is 13.2 Å². The maximum Gasteiger partial charge on any atom is 0.264 e. The van der Waals surface area contributed by atoms with Gasteiger partial charge in [0.15, 0.2) is 0 Å². The SMILES string of the molecule is CCOc1ccc(C(C)NC(=O)CN(c2cccc(OC)c2)S(=O)(=O)c2ccccc2)cc1. The predicted molar refractivity (Wildman–Crippen MR) is 128 cm³/mol. The van der Waals surface area contributed by atoms with Crippen molar-refractivity contribution in [2.24, 2.45) is 0 Å². The van der Waals surface area contributed by atoms with Gasteiger partial charge in [-0.1, -0.05) is 36.4 Å². The van der Waals surface area contributed by atoms with E-state index >= 15 is 0 Å². The number of benzene rings is 3. The van der Waals surface area contributed by atoms with Crippen molar-refractivity contribution in [1.82, 2.24) is 5.32 Å². The lowest BCUT2D eigenvalue weighted by atomic mass is 10.1. The van der Waals surface area contributed by atoms with Gasteiger partial charge >= 0.3 is 0 Å². The van der Waals surface area contributed by atoms with Gasteiger partial charge in [0.25, 0.3) is 10.0 Å². The Morgan fingerprint density at radius 1 is 0.970 bits per heavy atom. The third-order valence-electron chi connectivity index (χ3n) is 5.03. The van der Waals surface area contributed by atoms with Crippen molar-refractivity contribution in [3.63, 3.8) is 0 Å². The number of methoxy groups -OCH3 is 1. The van der Waals surface area contributed by atoms with E-state index < -0.39 is 15.9 Å². The van der Waals surface area contributed by atoms with Crippen molar-refractivity contribution in [3.8, 4) is 11.5 Å². The molecule has 0 spiro atoms. The summed E-state index contributed by atoms with van der Waals surface area (Å²) >= 11 is 0. The fourth-order valence-corrected chi connectivity index (χ4v) is 4.75. The summed E-state index contributed by atoms with van der Waals surface area (Å²) < 4.78 is 38.6. The second kappa shape index (κ2) is 10.9. The normalized spacial score (nSPS) is 12.0. The van der Waals surface area contributed by atoms with Gasteiger partial charge < -0.3 is 14.8 Å². The Labute approximate surface area is 195 Å². The van der Waals surface area contributed by atoms with E-state index in [1.54, 1.807) is 42.5 Å². The minimum absolute atomic E-state index is 0.0974. The van der Waals surface area contributed by atoms with Gasteiger partial charge in [-0.2, -0.15) is 0 Å². The zero-order valence-electron chi connectivity index (χ0n) is 18.9. The topological polar surface area (TPSA) is 84.9 Å². The zero-order valence-corrected chi connectivity index (χ0v) is 19.7. The van der Waals surface area contributed by atoms with Gasteiger partial charge in [-0.15, -0.1) is 0 Å². The smallest absolute Gasteiger partial charge is 0.264 e. The standard InChI is InChI=1S/C25H28N2O5S/c1-4-32-22-15-13-20(14-16-22)19(2)26-25(28)18-27(21-9-8-10-23(17-21)31-3)33(29,30)24-11-6-5-7-12-24/h5-17,19H,4,18H2,1-3H3,(H,26,28). The van der Waals surface area contributed by atoms with Crippen molar-refractivity contribution in [2.45, 2.75) is 24.8 Å². The van der Waals surface area contributed by atoms with Gasteiger partial charge in [0.2, 0.25) is 5.91 Å². The molecule has 0 bridgehead atoms. The number of sulfonamides is 1. The van der Waals surface area contributed by atoms with Crippen molar-refractivity contribution in [2.75, 3.05) is 24.6 Å². The second-order valence-electron chi connectivity index (χ2n) is 7.32. The van der Waals surface area contributed by atoms with Gasteiger partial charge in [0.05, 0.1) is 30.3 Å². The van der Waals surface area contributed by atoms with E-state index in [1.807, 2.05) is 38.1 Å². The first kappa shape index (κ1) is 24.1. The highest BCUT2D eigenvalue weighted by Gasteiger charge is 2.28. The Morgan fingerprint density at radius 2 is 1.67 bits per heavy atom. The van der Waals surface area contributed by atoms with Crippen LogP contribution >= 0.6 is 0 Å². The maximum atomic E-state index is 13.4. The molecule has 0 aliphatic carbocycles. The number of rotatable bonds is 10. The molecule has 1 unspecified atom stereocenters. The van der Waals surface area contributed by atoms with E-state index in [1.165, 1.54) is 19.2 Å². The number of hydrogen-bond donors (Lipinski definition) is 1. The van der Waals surface area contributed by atoms with Crippen LogP contribution in [0.25, 0.3) is 0 Å². The predicted octanol–water partition coefficient (Wildman–Crippen LogP) is 4.17. The van der Waals surface area contributed by atoms with Crippen LogP contribution in [0.5, 0.6) is 11.5 Å². The number of nitrogens with zero attached hydrogens (tertiary/aromatic N) is 1. The average molecular weight is 469 g/mol. The molecule has 0 heterocycles. The number of carbonyl (C=O) groups is 1. The molecule has 174 valence electrons. The van der Waals surface area contributed by atoms with E-state index in [-0.39, 0.29) is 17.5 Å². The summed E-state index contributed by atoms with van der Waals surface area (Å²) in [5, 5.41) is 2.88. The lowest BCUT2D eigenvalue weighted by Crippen LogP contribution is -2.41. The van der Waals surface area contributed by atoms with Gasteiger partial charge in [0.1, 0.15) is 18.0 Å². The Morgan fingerprint density at radius 3 is 2.30 bits per heavy atom. The largest absolute Gasteiger partial charge is 0.497 e. The van der Waals surface area contributed by atoms with E-state index in [4.69, 9.17) is 9.47 Å². The van der Waals surface area contributed by atoms with Crippen LogP contribution in [0, 0.1) is 0 Å². The Kier molecular flexibility index (Phi) is 7.95. The Bertz CT molecular complexity index is 1160. The molecule has 0 aliphatic rings. The van der Waals surface area contributed by atoms with Gasteiger partial charge in [-0.3, -0.25) is 9.10 Å². The number of amides is 1. The van der Waals surface area contributed by atoms with Crippen molar-refractivity contribution >= 4 is 21.6 Å². The molecule has 0 aliphatic heterocycles. The quantitative estimate of drug-likeness (QED) is 0.483. The molecule has 3 aromatic carbocycles.